The number of carbonyl (C=O) groups is 2. The average Bonchev–Trinajstić information content (AvgIpc) is 2.66. The molecule has 2 aromatic carbocycles. The van der Waals surface area contributed by atoms with Gasteiger partial charge < -0.3 is 15.0 Å². The van der Waals surface area contributed by atoms with Gasteiger partial charge in [-0.2, -0.15) is 0 Å². The molecule has 2 rings (SSSR count). The summed E-state index contributed by atoms with van der Waals surface area (Å²) in [6, 6.07) is 10.2. The van der Waals surface area contributed by atoms with Gasteiger partial charge in [-0.05, 0) is 70.9 Å². The Morgan fingerprint density at radius 2 is 1.74 bits per heavy atom. The van der Waals surface area contributed by atoms with Crippen LogP contribution in [0.2, 0.25) is 10.0 Å². The quantitative estimate of drug-likeness (QED) is 0.602. The SMILES string of the molecule is Cc1ccc(OCC(=O)N(Cc2ccc(Cl)c(Cl)c2)[C@@H](C)C(=O)NC(C)(C)C)c(C)c1. The predicted molar refractivity (Wildman–Crippen MR) is 126 cm³/mol. The van der Waals surface area contributed by atoms with Crippen molar-refractivity contribution in [2.45, 2.75) is 59.7 Å². The normalized spacial score (nSPS) is 12.3. The third kappa shape index (κ3) is 7.44. The van der Waals surface area contributed by atoms with Crippen molar-refractivity contribution in [1.82, 2.24) is 10.2 Å². The number of aryl methyl sites for hydroxylation is 2. The van der Waals surface area contributed by atoms with Crippen LogP contribution in [0.4, 0.5) is 0 Å². The summed E-state index contributed by atoms with van der Waals surface area (Å²) in [7, 11) is 0. The number of nitrogens with one attached hydrogen (secondary N) is 1. The highest BCUT2D eigenvalue weighted by atomic mass is 35.5. The molecule has 168 valence electrons. The van der Waals surface area contributed by atoms with Gasteiger partial charge in [-0.1, -0.05) is 47.0 Å². The van der Waals surface area contributed by atoms with Crippen LogP contribution < -0.4 is 10.1 Å². The zero-order valence-electron chi connectivity index (χ0n) is 18.9. The summed E-state index contributed by atoms with van der Waals surface area (Å²) in [5, 5.41) is 3.75. The van der Waals surface area contributed by atoms with Crippen LogP contribution in [-0.4, -0.2) is 34.9 Å². The molecule has 7 heteroatoms. The summed E-state index contributed by atoms with van der Waals surface area (Å²) in [6.45, 7) is 11.3. The van der Waals surface area contributed by atoms with Gasteiger partial charge >= 0.3 is 0 Å². The van der Waals surface area contributed by atoms with Gasteiger partial charge in [0.25, 0.3) is 5.91 Å². The maximum absolute atomic E-state index is 13.1. The van der Waals surface area contributed by atoms with Crippen molar-refractivity contribution in [2.75, 3.05) is 6.61 Å². The zero-order chi connectivity index (χ0) is 23.3. The highest BCUT2D eigenvalue weighted by Gasteiger charge is 2.29. The first-order valence-corrected chi connectivity index (χ1v) is 10.9. The number of hydrogen-bond donors (Lipinski definition) is 1. The van der Waals surface area contributed by atoms with Gasteiger partial charge in [-0.15, -0.1) is 0 Å². The van der Waals surface area contributed by atoms with Gasteiger partial charge in [0, 0.05) is 12.1 Å². The van der Waals surface area contributed by atoms with Crippen LogP contribution in [0.3, 0.4) is 0 Å². The molecule has 0 heterocycles. The second-order valence-corrected chi connectivity index (χ2v) is 9.56. The van der Waals surface area contributed by atoms with Crippen LogP contribution >= 0.6 is 23.2 Å². The molecule has 0 aromatic heterocycles. The average molecular weight is 465 g/mol. The first-order chi connectivity index (χ1) is 14.4. The van der Waals surface area contributed by atoms with E-state index in [1.807, 2.05) is 52.8 Å². The van der Waals surface area contributed by atoms with Crippen molar-refractivity contribution in [3.8, 4) is 5.75 Å². The van der Waals surface area contributed by atoms with E-state index in [0.29, 0.717) is 15.8 Å². The van der Waals surface area contributed by atoms with Crippen LogP contribution in [-0.2, 0) is 16.1 Å². The van der Waals surface area contributed by atoms with Crippen LogP contribution in [0.25, 0.3) is 0 Å². The number of hydrogen-bond acceptors (Lipinski definition) is 3. The molecule has 1 N–H and O–H groups in total. The molecule has 1 atom stereocenters. The summed E-state index contributed by atoms with van der Waals surface area (Å²) >= 11 is 12.2. The molecule has 0 saturated carbocycles. The first-order valence-electron chi connectivity index (χ1n) is 10.1. The number of ether oxygens (including phenoxy) is 1. The van der Waals surface area contributed by atoms with Crippen molar-refractivity contribution in [3.63, 3.8) is 0 Å². The number of halogens is 2. The predicted octanol–water partition coefficient (Wildman–Crippen LogP) is 5.32. The summed E-state index contributed by atoms with van der Waals surface area (Å²) in [5.74, 6) is 0.0928. The fourth-order valence-electron chi connectivity index (χ4n) is 3.08. The molecule has 0 spiro atoms. The Labute approximate surface area is 194 Å². The van der Waals surface area contributed by atoms with Crippen molar-refractivity contribution in [1.29, 1.82) is 0 Å². The Morgan fingerprint density at radius 1 is 1.06 bits per heavy atom. The van der Waals surface area contributed by atoms with E-state index in [1.165, 1.54) is 4.90 Å². The molecule has 0 aliphatic rings. The second kappa shape index (κ2) is 10.4. The van der Waals surface area contributed by atoms with Crippen LogP contribution in [0.15, 0.2) is 36.4 Å². The monoisotopic (exact) mass is 464 g/mol. The van der Waals surface area contributed by atoms with E-state index in [4.69, 9.17) is 27.9 Å². The topological polar surface area (TPSA) is 58.6 Å². The summed E-state index contributed by atoms with van der Waals surface area (Å²) in [4.78, 5) is 27.4. The largest absolute Gasteiger partial charge is 0.483 e. The number of benzene rings is 2. The fraction of sp³-hybridized carbons (Fsp3) is 0.417. The lowest BCUT2D eigenvalue weighted by Gasteiger charge is -2.31. The van der Waals surface area contributed by atoms with Gasteiger partial charge in [-0.25, -0.2) is 0 Å². The minimum Gasteiger partial charge on any atom is -0.483 e. The first kappa shape index (κ1) is 25.0. The van der Waals surface area contributed by atoms with Crippen LogP contribution in [0, 0.1) is 13.8 Å². The highest BCUT2D eigenvalue weighted by molar-refractivity contribution is 6.42. The number of rotatable bonds is 7. The third-order valence-electron chi connectivity index (χ3n) is 4.68. The fourth-order valence-corrected chi connectivity index (χ4v) is 3.40. The van der Waals surface area contributed by atoms with Gasteiger partial charge in [0.2, 0.25) is 5.91 Å². The standard InChI is InChI=1S/C24H30Cl2N2O3/c1-15-7-10-21(16(2)11-15)31-14-22(29)28(17(3)23(30)27-24(4,5)6)13-18-8-9-19(25)20(26)12-18/h7-12,17H,13-14H2,1-6H3,(H,27,30)/t17-/m0/s1. The van der Waals surface area contributed by atoms with Crippen molar-refractivity contribution in [2.24, 2.45) is 0 Å². The van der Waals surface area contributed by atoms with Crippen molar-refractivity contribution >= 4 is 35.0 Å². The Kier molecular flexibility index (Phi) is 8.38. The molecule has 31 heavy (non-hydrogen) atoms. The number of amides is 2. The maximum atomic E-state index is 13.1. The molecule has 2 aromatic rings. The van der Waals surface area contributed by atoms with Gasteiger partial charge in [-0.3, -0.25) is 9.59 Å². The Bertz CT molecular complexity index is 954. The Hall–Kier alpha value is -2.24. The lowest BCUT2D eigenvalue weighted by atomic mass is 10.1. The van der Waals surface area contributed by atoms with Crippen LogP contribution in [0.5, 0.6) is 5.75 Å². The molecule has 0 saturated heterocycles. The van der Waals surface area contributed by atoms with E-state index in [2.05, 4.69) is 5.32 Å². The van der Waals surface area contributed by atoms with Gasteiger partial charge in [0.15, 0.2) is 6.61 Å². The Balaban J connectivity index is 2.23. The van der Waals surface area contributed by atoms with Crippen LogP contribution in [0.1, 0.15) is 44.4 Å². The summed E-state index contributed by atoms with van der Waals surface area (Å²) < 4.78 is 5.78. The minimum atomic E-state index is -0.705. The molecular formula is C24H30Cl2N2O3. The molecule has 0 bridgehead atoms. The van der Waals surface area contributed by atoms with Gasteiger partial charge in [0.1, 0.15) is 11.8 Å². The lowest BCUT2D eigenvalue weighted by molar-refractivity contribution is -0.142. The zero-order valence-corrected chi connectivity index (χ0v) is 20.4. The second-order valence-electron chi connectivity index (χ2n) is 8.74. The smallest absolute Gasteiger partial charge is 0.261 e. The van der Waals surface area contributed by atoms with E-state index in [0.717, 1.165) is 16.7 Å². The summed E-state index contributed by atoms with van der Waals surface area (Å²) in [6.07, 6.45) is 0. The Morgan fingerprint density at radius 3 is 2.32 bits per heavy atom. The third-order valence-corrected chi connectivity index (χ3v) is 5.42. The molecule has 2 amide bonds. The van der Waals surface area contributed by atoms with E-state index in [9.17, 15) is 9.59 Å². The molecule has 0 radical (unpaired) electrons. The van der Waals surface area contributed by atoms with E-state index in [1.54, 1.807) is 25.1 Å². The number of carbonyl (C=O) groups excluding carboxylic acids is 2. The van der Waals surface area contributed by atoms with E-state index in [-0.39, 0.29) is 25.0 Å². The molecule has 0 aliphatic heterocycles. The maximum Gasteiger partial charge on any atom is 0.261 e. The van der Waals surface area contributed by atoms with E-state index < -0.39 is 11.6 Å². The summed E-state index contributed by atoms with van der Waals surface area (Å²) in [5.41, 5.74) is 2.41. The van der Waals surface area contributed by atoms with E-state index >= 15 is 0 Å². The molecular weight excluding hydrogens is 435 g/mol. The molecule has 5 nitrogen and oxygen atoms in total. The molecule has 0 fully saturated rings. The number of nitrogens with zero attached hydrogens (tertiary/aromatic N) is 1. The van der Waals surface area contributed by atoms with Gasteiger partial charge in [0.05, 0.1) is 10.0 Å². The molecule has 0 unspecified atom stereocenters. The molecule has 0 aliphatic carbocycles. The minimum absolute atomic E-state index is 0.182. The highest BCUT2D eigenvalue weighted by Crippen LogP contribution is 2.24. The van der Waals surface area contributed by atoms with Crippen molar-refractivity contribution < 1.29 is 14.3 Å². The lowest BCUT2D eigenvalue weighted by Crippen LogP contribution is -2.53. The van der Waals surface area contributed by atoms with Crippen molar-refractivity contribution in [3.05, 3.63) is 63.1 Å².